The van der Waals surface area contributed by atoms with Crippen molar-refractivity contribution in [2.75, 3.05) is 30.3 Å². The fourth-order valence-electron chi connectivity index (χ4n) is 4.18. The molecule has 1 aromatic rings. The van der Waals surface area contributed by atoms with E-state index in [0.717, 1.165) is 37.3 Å². The first-order chi connectivity index (χ1) is 11.2. The van der Waals surface area contributed by atoms with E-state index in [2.05, 4.69) is 22.8 Å². The Kier molecular flexibility index (Phi) is 6.79. The second-order valence-electron chi connectivity index (χ2n) is 6.84. The maximum Gasteiger partial charge on any atom is 0.242 e. The number of halogens is 1. The molecule has 2 aliphatic rings. The minimum absolute atomic E-state index is 0. The smallest absolute Gasteiger partial charge is 0.242 e. The van der Waals surface area contributed by atoms with Crippen LogP contribution in [-0.4, -0.2) is 36.5 Å². The summed E-state index contributed by atoms with van der Waals surface area (Å²) < 4.78 is 0. The Labute approximate surface area is 151 Å². The maximum absolute atomic E-state index is 12.9. The minimum atomic E-state index is 0. The van der Waals surface area contributed by atoms with Gasteiger partial charge in [0.15, 0.2) is 0 Å². The monoisotopic (exact) mass is 351 g/mol. The number of fused-ring (bicyclic) bond motifs is 1. The minimum Gasteiger partial charge on any atom is -0.398 e. The summed E-state index contributed by atoms with van der Waals surface area (Å²) >= 11 is 0. The lowest BCUT2D eigenvalue weighted by Crippen LogP contribution is -2.47. The quantitative estimate of drug-likeness (QED) is 0.843. The van der Waals surface area contributed by atoms with E-state index in [9.17, 15) is 4.79 Å². The van der Waals surface area contributed by atoms with Gasteiger partial charge in [-0.25, -0.2) is 0 Å². The molecular formula is C19H30ClN3O. The summed E-state index contributed by atoms with van der Waals surface area (Å²) in [5.74, 6) is 0.273. The molecule has 1 aliphatic heterocycles. The van der Waals surface area contributed by atoms with Crippen LogP contribution >= 0.6 is 12.4 Å². The normalized spacial score (nSPS) is 17.8. The van der Waals surface area contributed by atoms with Gasteiger partial charge in [-0.15, -0.1) is 12.4 Å². The molecule has 0 unspecified atom stereocenters. The first-order valence-corrected chi connectivity index (χ1v) is 9.12. The van der Waals surface area contributed by atoms with Crippen molar-refractivity contribution in [2.24, 2.45) is 0 Å². The average molecular weight is 352 g/mol. The van der Waals surface area contributed by atoms with E-state index in [-0.39, 0.29) is 18.3 Å². The summed E-state index contributed by atoms with van der Waals surface area (Å²) in [5, 5.41) is 0. The largest absolute Gasteiger partial charge is 0.398 e. The molecule has 1 aliphatic carbocycles. The number of likely N-dealkylation sites (N-methyl/N-ethyl adjacent to an activating group) is 1. The molecule has 5 heteroatoms. The molecule has 1 amide bonds. The van der Waals surface area contributed by atoms with Gasteiger partial charge in [0.05, 0.1) is 6.54 Å². The molecule has 4 nitrogen and oxygen atoms in total. The fourth-order valence-corrected chi connectivity index (χ4v) is 4.18. The topological polar surface area (TPSA) is 49.6 Å². The summed E-state index contributed by atoms with van der Waals surface area (Å²) in [6, 6.07) is 6.52. The highest BCUT2D eigenvalue weighted by atomic mass is 35.5. The van der Waals surface area contributed by atoms with Crippen LogP contribution in [0.25, 0.3) is 0 Å². The molecule has 0 atom stereocenters. The molecule has 0 bridgehead atoms. The number of nitrogen functional groups attached to an aromatic ring is 1. The summed E-state index contributed by atoms with van der Waals surface area (Å²) in [4.78, 5) is 17.2. The highest BCUT2D eigenvalue weighted by molar-refractivity contribution is 5.85. The number of carbonyl (C=O) groups excluding carboxylic acids is 1. The number of hydrogen-bond acceptors (Lipinski definition) is 3. The van der Waals surface area contributed by atoms with Gasteiger partial charge in [0, 0.05) is 30.5 Å². The summed E-state index contributed by atoms with van der Waals surface area (Å²) in [5.41, 5.74) is 9.35. The predicted octanol–water partition coefficient (Wildman–Crippen LogP) is 3.62. The Morgan fingerprint density at radius 1 is 1.25 bits per heavy atom. The van der Waals surface area contributed by atoms with Crippen LogP contribution in [0.2, 0.25) is 0 Å². The number of benzene rings is 1. The number of amides is 1. The Morgan fingerprint density at radius 3 is 2.71 bits per heavy atom. The van der Waals surface area contributed by atoms with Crippen molar-refractivity contribution in [3.8, 4) is 0 Å². The molecular weight excluding hydrogens is 322 g/mol. The molecule has 24 heavy (non-hydrogen) atoms. The first kappa shape index (κ1) is 18.9. The van der Waals surface area contributed by atoms with Gasteiger partial charge in [0.25, 0.3) is 0 Å². The zero-order chi connectivity index (χ0) is 16.2. The molecule has 1 fully saturated rings. The summed E-state index contributed by atoms with van der Waals surface area (Å²) in [7, 11) is 0. The molecule has 0 radical (unpaired) electrons. The molecule has 2 N–H and O–H groups in total. The van der Waals surface area contributed by atoms with Crippen LogP contribution in [0.5, 0.6) is 0 Å². The lowest BCUT2D eigenvalue weighted by atomic mass is 9.94. The van der Waals surface area contributed by atoms with Gasteiger partial charge in [-0.1, -0.05) is 25.3 Å². The van der Waals surface area contributed by atoms with Crippen LogP contribution in [0.15, 0.2) is 18.2 Å². The molecule has 1 heterocycles. The van der Waals surface area contributed by atoms with Crippen molar-refractivity contribution in [3.63, 3.8) is 0 Å². The SMILES string of the molecule is CCN(C(=O)CN1CCCc2c(N)cccc21)C1CCCCC1.Cl. The Bertz CT molecular complexity index is 558. The van der Waals surface area contributed by atoms with Gasteiger partial charge >= 0.3 is 0 Å². The Hall–Kier alpha value is -1.42. The van der Waals surface area contributed by atoms with Gasteiger partial charge in [-0.3, -0.25) is 4.79 Å². The van der Waals surface area contributed by atoms with E-state index in [1.165, 1.54) is 37.7 Å². The number of carbonyl (C=O) groups is 1. The summed E-state index contributed by atoms with van der Waals surface area (Å²) in [6.07, 6.45) is 8.28. The fraction of sp³-hybridized carbons (Fsp3) is 0.632. The van der Waals surface area contributed by atoms with Crippen LogP contribution in [0, 0.1) is 0 Å². The van der Waals surface area contributed by atoms with Crippen molar-refractivity contribution in [3.05, 3.63) is 23.8 Å². The molecule has 0 aromatic heterocycles. The number of anilines is 2. The molecule has 0 saturated heterocycles. The van der Waals surface area contributed by atoms with E-state index < -0.39 is 0 Å². The van der Waals surface area contributed by atoms with Crippen LogP contribution in [0.4, 0.5) is 11.4 Å². The average Bonchev–Trinajstić information content (AvgIpc) is 2.57. The number of nitrogens with zero attached hydrogens (tertiary/aromatic N) is 2. The van der Waals surface area contributed by atoms with Gasteiger partial charge in [-0.05, 0) is 50.3 Å². The van der Waals surface area contributed by atoms with E-state index in [1.807, 2.05) is 12.1 Å². The molecule has 3 rings (SSSR count). The van der Waals surface area contributed by atoms with Gasteiger partial charge in [-0.2, -0.15) is 0 Å². The van der Waals surface area contributed by atoms with Crippen molar-refractivity contribution >= 4 is 29.7 Å². The lowest BCUT2D eigenvalue weighted by Gasteiger charge is -2.37. The highest BCUT2D eigenvalue weighted by Gasteiger charge is 2.27. The zero-order valence-electron chi connectivity index (χ0n) is 14.7. The molecule has 1 saturated carbocycles. The van der Waals surface area contributed by atoms with Gasteiger partial charge < -0.3 is 15.5 Å². The van der Waals surface area contributed by atoms with E-state index >= 15 is 0 Å². The zero-order valence-corrected chi connectivity index (χ0v) is 15.5. The lowest BCUT2D eigenvalue weighted by molar-refractivity contribution is -0.132. The number of nitrogens with two attached hydrogens (primary N) is 1. The second-order valence-corrected chi connectivity index (χ2v) is 6.84. The summed E-state index contributed by atoms with van der Waals surface area (Å²) in [6.45, 7) is 4.36. The van der Waals surface area contributed by atoms with Gasteiger partial charge in [0.2, 0.25) is 5.91 Å². The first-order valence-electron chi connectivity index (χ1n) is 9.12. The molecule has 134 valence electrons. The standard InChI is InChI=1S/C19H29N3O.ClH/c1-2-22(15-8-4-3-5-9-15)19(23)14-21-13-7-10-16-17(20)11-6-12-18(16)21;/h6,11-12,15H,2-5,7-10,13-14,20H2,1H3;1H. The third-order valence-electron chi connectivity index (χ3n) is 5.39. The maximum atomic E-state index is 12.9. The van der Waals surface area contributed by atoms with Crippen LogP contribution in [-0.2, 0) is 11.2 Å². The Balaban J connectivity index is 0.00000208. The second kappa shape index (κ2) is 8.61. The van der Waals surface area contributed by atoms with Crippen LogP contribution < -0.4 is 10.6 Å². The predicted molar refractivity (Wildman–Crippen MR) is 103 cm³/mol. The van der Waals surface area contributed by atoms with Crippen LogP contribution in [0.1, 0.15) is 51.0 Å². The van der Waals surface area contributed by atoms with E-state index in [0.29, 0.717) is 12.6 Å². The molecule has 1 aromatic carbocycles. The third kappa shape index (κ3) is 3.97. The Morgan fingerprint density at radius 2 is 2.00 bits per heavy atom. The number of rotatable bonds is 4. The van der Waals surface area contributed by atoms with E-state index in [1.54, 1.807) is 0 Å². The third-order valence-corrected chi connectivity index (χ3v) is 5.39. The van der Waals surface area contributed by atoms with E-state index in [4.69, 9.17) is 5.73 Å². The van der Waals surface area contributed by atoms with Crippen LogP contribution in [0.3, 0.4) is 0 Å². The van der Waals surface area contributed by atoms with Crippen molar-refractivity contribution in [1.82, 2.24) is 4.90 Å². The van der Waals surface area contributed by atoms with Gasteiger partial charge in [0.1, 0.15) is 0 Å². The highest BCUT2D eigenvalue weighted by Crippen LogP contribution is 2.31. The van der Waals surface area contributed by atoms with Crippen molar-refractivity contribution < 1.29 is 4.79 Å². The molecule has 0 spiro atoms. The van der Waals surface area contributed by atoms with Crippen molar-refractivity contribution in [2.45, 2.75) is 57.9 Å². The number of hydrogen-bond donors (Lipinski definition) is 1. The van der Waals surface area contributed by atoms with Crippen molar-refractivity contribution in [1.29, 1.82) is 0 Å².